The third-order valence-corrected chi connectivity index (χ3v) is 6.21. The molecule has 0 atom stereocenters. The Kier molecular flexibility index (Phi) is 5.42. The molecule has 4 amide bonds. The van der Waals surface area contributed by atoms with E-state index in [4.69, 9.17) is 4.74 Å². The lowest BCUT2D eigenvalue weighted by molar-refractivity contribution is -0.0152. The van der Waals surface area contributed by atoms with Gasteiger partial charge in [0, 0.05) is 11.4 Å². The van der Waals surface area contributed by atoms with Gasteiger partial charge in [0.15, 0.2) is 11.4 Å². The monoisotopic (exact) mass is 454 g/mol. The minimum absolute atomic E-state index is 0.256. The summed E-state index contributed by atoms with van der Waals surface area (Å²) in [6.45, 7) is 6.48. The molecule has 1 N–H and O–H groups in total. The minimum atomic E-state index is -0.859. The average molecular weight is 455 g/mol. The molecule has 0 aliphatic carbocycles. The molecule has 2 fully saturated rings. The van der Waals surface area contributed by atoms with Crippen molar-refractivity contribution in [3.63, 3.8) is 0 Å². The van der Waals surface area contributed by atoms with E-state index in [1.54, 1.807) is 4.90 Å². The average Bonchev–Trinajstić information content (AvgIpc) is 3.05. The van der Waals surface area contributed by atoms with Gasteiger partial charge in [-0.2, -0.15) is 4.99 Å². The second-order valence-electron chi connectivity index (χ2n) is 8.88. The molecule has 3 aromatic carbocycles. The van der Waals surface area contributed by atoms with Crippen molar-refractivity contribution in [1.29, 1.82) is 0 Å². The van der Waals surface area contributed by atoms with Crippen molar-refractivity contribution in [3.05, 3.63) is 89.5 Å². The molecule has 2 aliphatic heterocycles. The van der Waals surface area contributed by atoms with Gasteiger partial charge in [0.05, 0.1) is 18.9 Å². The molecule has 2 heterocycles. The summed E-state index contributed by atoms with van der Waals surface area (Å²) in [6, 6.07) is 22.0. The number of benzene rings is 3. The molecule has 2 aliphatic rings. The minimum Gasteiger partial charge on any atom is -0.375 e. The van der Waals surface area contributed by atoms with E-state index in [-0.39, 0.29) is 19.2 Å². The zero-order chi connectivity index (χ0) is 23.9. The standard InChI is InChI=1S/C27H26N4O3/c1-18-4-10-21(11-5-18)28-25(32)29-24-27(16-34-17-27)31(23-14-8-20(3)9-15-23)26(33)30(24)22-12-6-19(2)7-13-22/h4-15H,16-17H2,1-3H3,(H,28,32). The molecule has 7 heteroatoms. The SMILES string of the molecule is Cc1ccc(NC(=O)N=C2N(c3ccc(C)cc3)C(=O)N(c3ccc(C)cc3)C23COC3)cc1. The Bertz CT molecular complexity index is 1260. The van der Waals surface area contributed by atoms with Gasteiger partial charge in [-0.1, -0.05) is 53.1 Å². The highest BCUT2D eigenvalue weighted by Crippen LogP contribution is 2.41. The van der Waals surface area contributed by atoms with E-state index in [9.17, 15) is 9.59 Å². The molecule has 0 aromatic heterocycles. The van der Waals surface area contributed by atoms with E-state index in [1.165, 1.54) is 4.90 Å². The molecule has 7 nitrogen and oxygen atoms in total. The first-order valence-corrected chi connectivity index (χ1v) is 11.2. The van der Waals surface area contributed by atoms with Crippen LogP contribution in [-0.2, 0) is 4.74 Å². The van der Waals surface area contributed by atoms with Gasteiger partial charge in [0.1, 0.15) is 0 Å². The summed E-state index contributed by atoms with van der Waals surface area (Å²) in [6.07, 6.45) is 0. The number of carbonyl (C=O) groups is 2. The van der Waals surface area contributed by atoms with E-state index in [0.29, 0.717) is 17.2 Å². The first-order chi connectivity index (χ1) is 16.4. The van der Waals surface area contributed by atoms with Crippen LogP contribution in [0.25, 0.3) is 0 Å². The summed E-state index contributed by atoms with van der Waals surface area (Å²) in [7, 11) is 0. The number of rotatable bonds is 3. The molecular weight excluding hydrogens is 428 g/mol. The fourth-order valence-electron chi connectivity index (χ4n) is 4.25. The van der Waals surface area contributed by atoms with Gasteiger partial charge in [-0.25, -0.2) is 14.5 Å². The summed E-state index contributed by atoms with van der Waals surface area (Å²) in [5.74, 6) is 0.359. The van der Waals surface area contributed by atoms with Crippen molar-refractivity contribution in [1.82, 2.24) is 0 Å². The van der Waals surface area contributed by atoms with E-state index in [0.717, 1.165) is 22.4 Å². The van der Waals surface area contributed by atoms with Crippen LogP contribution in [0.3, 0.4) is 0 Å². The highest BCUT2D eigenvalue weighted by atomic mass is 16.5. The number of aryl methyl sites for hydroxylation is 3. The molecule has 0 saturated carbocycles. The Morgan fingerprint density at radius 3 is 1.82 bits per heavy atom. The lowest BCUT2D eigenvalue weighted by Gasteiger charge is -2.43. The Morgan fingerprint density at radius 1 is 0.824 bits per heavy atom. The molecule has 5 rings (SSSR count). The van der Waals surface area contributed by atoms with E-state index < -0.39 is 11.6 Å². The number of nitrogens with one attached hydrogen (secondary N) is 1. The van der Waals surface area contributed by atoms with Crippen LogP contribution in [-0.4, -0.2) is 36.7 Å². The smallest absolute Gasteiger partial charge is 0.347 e. The van der Waals surface area contributed by atoms with E-state index in [2.05, 4.69) is 10.3 Å². The van der Waals surface area contributed by atoms with Crippen molar-refractivity contribution < 1.29 is 14.3 Å². The number of carbonyl (C=O) groups excluding carboxylic acids is 2. The number of ether oxygens (including phenoxy) is 1. The maximum atomic E-state index is 13.9. The Labute approximate surface area is 198 Å². The second kappa shape index (κ2) is 8.43. The number of nitrogens with zero attached hydrogens (tertiary/aromatic N) is 3. The summed E-state index contributed by atoms with van der Waals surface area (Å²) in [5.41, 5.74) is 4.43. The van der Waals surface area contributed by atoms with Gasteiger partial charge >= 0.3 is 12.1 Å². The maximum absolute atomic E-state index is 13.9. The number of amides is 4. The molecule has 172 valence electrons. The lowest BCUT2D eigenvalue weighted by atomic mass is 9.93. The van der Waals surface area contributed by atoms with Crippen LogP contribution in [0.5, 0.6) is 0 Å². The van der Waals surface area contributed by atoms with Gasteiger partial charge in [-0.05, 0) is 57.2 Å². The van der Waals surface area contributed by atoms with Crippen LogP contribution in [0.15, 0.2) is 77.8 Å². The molecule has 0 bridgehead atoms. The molecule has 2 saturated heterocycles. The molecule has 0 unspecified atom stereocenters. The van der Waals surface area contributed by atoms with E-state index in [1.807, 2.05) is 93.6 Å². The number of hydrogen-bond acceptors (Lipinski definition) is 3. The van der Waals surface area contributed by atoms with Crippen molar-refractivity contribution in [3.8, 4) is 0 Å². The molecule has 3 aromatic rings. The molecular formula is C27H26N4O3. The zero-order valence-corrected chi connectivity index (χ0v) is 19.4. The first kappa shape index (κ1) is 21.9. The van der Waals surface area contributed by atoms with Gasteiger partial charge < -0.3 is 10.1 Å². The number of amidine groups is 1. The summed E-state index contributed by atoms with van der Waals surface area (Å²) in [4.78, 5) is 34.5. The summed E-state index contributed by atoms with van der Waals surface area (Å²) < 4.78 is 5.60. The Balaban J connectivity index is 1.59. The normalized spacial score (nSPS) is 17.9. The van der Waals surface area contributed by atoms with Crippen molar-refractivity contribution in [2.45, 2.75) is 26.3 Å². The van der Waals surface area contributed by atoms with Crippen molar-refractivity contribution in [2.24, 2.45) is 4.99 Å². The van der Waals surface area contributed by atoms with Crippen LogP contribution in [0.2, 0.25) is 0 Å². The number of anilines is 3. The summed E-state index contributed by atoms with van der Waals surface area (Å²) >= 11 is 0. The Hall–Kier alpha value is -3.97. The van der Waals surface area contributed by atoms with E-state index >= 15 is 0 Å². The van der Waals surface area contributed by atoms with Gasteiger partial charge in [0.2, 0.25) is 0 Å². The quantitative estimate of drug-likeness (QED) is 0.571. The van der Waals surface area contributed by atoms with Crippen molar-refractivity contribution >= 4 is 35.0 Å². The molecule has 0 radical (unpaired) electrons. The predicted molar refractivity (Wildman–Crippen MR) is 134 cm³/mol. The first-order valence-electron chi connectivity index (χ1n) is 11.2. The predicted octanol–water partition coefficient (Wildman–Crippen LogP) is 5.46. The summed E-state index contributed by atoms with van der Waals surface area (Å²) in [5, 5.41) is 2.82. The van der Waals surface area contributed by atoms with Gasteiger partial charge in [-0.15, -0.1) is 0 Å². The topological polar surface area (TPSA) is 74.2 Å². The zero-order valence-electron chi connectivity index (χ0n) is 19.4. The van der Waals surface area contributed by atoms with Gasteiger partial charge in [0.25, 0.3) is 0 Å². The number of aliphatic imine (C=N–C) groups is 1. The molecule has 1 spiro atoms. The fourth-order valence-corrected chi connectivity index (χ4v) is 4.25. The highest BCUT2D eigenvalue weighted by Gasteiger charge is 2.61. The Morgan fingerprint density at radius 2 is 1.32 bits per heavy atom. The van der Waals surface area contributed by atoms with Crippen LogP contribution in [0.4, 0.5) is 26.7 Å². The second-order valence-corrected chi connectivity index (χ2v) is 8.88. The highest BCUT2D eigenvalue weighted by molar-refractivity contribution is 6.34. The van der Waals surface area contributed by atoms with Gasteiger partial charge in [-0.3, -0.25) is 4.90 Å². The molecule has 34 heavy (non-hydrogen) atoms. The van der Waals surface area contributed by atoms with Crippen LogP contribution in [0, 0.1) is 20.8 Å². The third kappa shape index (κ3) is 3.74. The number of hydrogen-bond donors (Lipinski definition) is 1. The number of urea groups is 2. The third-order valence-electron chi connectivity index (χ3n) is 6.21. The largest absolute Gasteiger partial charge is 0.375 e. The van der Waals surface area contributed by atoms with Crippen LogP contribution in [0.1, 0.15) is 16.7 Å². The van der Waals surface area contributed by atoms with Crippen molar-refractivity contribution in [2.75, 3.05) is 28.3 Å². The lowest BCUT2D eigenvalue weighted by Crippen LogP contribution is -2.64. The maximum Gasteiger partial charge on any atom is 0.347 e. The fraction of sp³-hybridized carbons (Fsp3) is 0.222. The van der Waals surface area contributed by atoms with Crippen LogP contribution >= 0.6 is 0 Å². The van der Waals surface area contributed by atoms with Crippen LogP contribution < -0.4 is 15.1 Å².